The molecule has 714 valence electrons. The maximum absolute atomic E-state index is 6.07. The van der Waals surface area contributed by atoms with Crippen LogP contribution in [0.5, 0.6) is 11.5 Å². The first-order chi connectivity index (χ1) is 64.8. The van der Waals surface area contributed by atoms with E-state index in [9.17, 15) is 0 Å². The van der Waals surface area contributed by atoms with E-state index in [0.29, 0.717) is 20.0 Å². The summed E-state index contributed by atoms with van der Waals surface area (Å²) in [6, 6.07) is 140. The van der Waals surface area contributed by atoms with Gasteiger partial charge in [-0.3, -0.25) is 0 Å². The molecule has 0 atom stereocenters. The zero-order chi connectivity index (χ0) is 100.0. The van der Waals surface area contributed by atoms with Gasteiger partial charge in [-0.2, -0.15) is 0 Å². The molecule has 0 radical (unpaired) electrons. The van der Waals surface area contributed by atoms with Crippen LogP contribution in [0.15, 0.2) is 392 Å². The van der Waals surface area contributed by atoms with Gasteiger partial charge in [-0.25, -0.2) is 0 Å². The Hall–Kier alpha value is -11.0. The predicted molar refractivity (Wildman–Crippen MR) is 615 cm³/mol. The Bertz CT molecular complexity index is 5780. The van der Waals surface area contributed by atoms with Crippen molar-refractivity contribution in [2.45, 2.75) is 264 Å². The van der Waals surface area contributed by atoms with Crippen LogP contribution in [0.1, 0.15) is 220 Å². The number of nitrogens with zero attached hydrogens (tertiary/aromatic N) is 3. The average Bonchev–Trinajstić information content (AvgIpc) is 0.723. The van der Waals surface area contributed by atoms with Crippen LogP contribution < -0.4 is 59.5 Å². The van der Waals surface area contributed by atoms with E-state index in [0.717, 1.165) is 28.6 Å². The molecule has 9 heteroatoms. The summed E-state index contributed by atoms with van der Waals surface area (Å²) in [5, 5.41) is 9.73. The van der Waals surface area contributed by atoms with Crippen LogP contribution in [0.3, 0.4) is 0 Å². The average molecular weight is 1960 g/mol. The SMILES string of the molecule is CC(C)(C)[Si](C)(C)C.CC(C)(C)[Si](c1ccccc1)(c1ccccc1)c1ccccc1.CC(C)(C)c1ccc(N2c3ccccc3Oc3ccccc32)cc1.CC(C)(C)c1ccc(N2c3ccccc3Sc3ccccc32)cc1.CC(C)(C)c1ccc(N2c3ccccc3[Se]c3ccccc32)cc1.CC(C)(C)c1ccc([Si](c2ccc(C(C)(C)C)cc2)(c2ccc(C(C)(C)C)cc2)C(C)(C)C)cc1. The van der Waals surface area contributed by atoms with Crippen LogP contribution >= 0.6 is 11.8 Å². The molecule has 0 bridgehead atoms. The minimum Gasteiger partial charge on any atom is -0.0619 e. The van der Waals surface area contributed by atoms with Gasteiger partial charge < -0.3 is 14.5 Å². The number of anilines is 9. The molecule has 15 aromatic carbocycles. The molecule has 0 aliphatic carbocycles. The van der Waals surface area contributed by atoms with Crippen LogP contribution in [-0.4, -0.2) is 39.2 Å². The van der Waals surface area contributed by atoms with Gasteiger partial charge in [0.25, 0.3) is 0 Å². The Morgan fingerprint density at radius 2 is 0.399 bits per heavy atom. The van der Waals surface area contributed by atoms with Crippen molar-refractivity contribution in [3.8, 4) is 11.5 Å². The second kappa shape index (κ2) is 41.8. The van der Waals surface area contributed by atoms with E-state index in [1.54, 1.807) is 0 Å². The molecule has 3 aliphatic heterocycles. The van der Waals surface area contributed by atoms with Crippen LogP contribution in [0.4, 0.5) is 51.2 Å². The molecule has 18 rings (SSSR count). The number of hydrogen-bond acceptors (Lipinski definition) is 5. The molecule has 0 N–H and O–H groups in total. The first-order valence-electron chi connectivity index (χ1n) is 49.6. The summed E-state index contributed by atoms with van der Waals surface area (Å²) in [5.74, 6) is 1.77. The molecule has 15 aromatic rings. The monoisotopic (exact) mass is 1960 g/mol. The van der Waals surface area contributed by atoms with Gasteiger partial charge in [-0.15, -0.1) is 0 Å². The third-order valence-corrected chi connectivity index (χ3v) is 47.6. The van der Waals surface area contributed by atoms with E-state index in [1.807, 2.05) is 48.2 Å². The van der Waals surface area contributed by atoms with Gasteiger partial charge in [0.2, 0.25) is 0 Å². The molecule has 0 saturated carbocycles. The fourth-order valence-corrected chi connectivity index (χ4v) is 33.2. The number of benzene rings is 15. The van der Waals surface area contributed by atoms with Gasteiger partial charge >= 0.3 is 150 Å². The molecule has 0 spiro atoms. The Balaban J connectivity index is 0.000000144. The normalized spacial score (nSPS) is 13.2. The summed E-state index contributed by atoms with van der Waals surface area (Å²) in [6.45, 7) is 69.7. The molecule has 3 heterocycles. The van der Waals surface area contributed by atoms with Gasteiger partial charge in [0.15, 0.2) is 27.6 Å². The van der Waals surface area contributed by atoms with E-state index in [2.05, 4.69) is 567 Å². The molecule has 0 amide bonds. The molecule has 4 nitrogen and oxygen atoms in total. The number of rotatable bonds is 9. The Morgan fingerprint density at radius 1 is 0.203 bits per heavy atom. The van der Waals surface area contributed by atoms with E-state index in [4.69, 9.17) is 4.74 Å². The minimum atomic E-state index is -2.37. The zero-order valence-electron chi connectivity index (χ0n) is 88.4. The molecule has 0 saturated heterocycles. The van der Waals surface area contributed by atoms with Gasteiger partial charge in [0, 0.05) is 29.2 Å². The fraction of sp³-hybridized carbons (Fsp3) is 0.302. The first-order valence-corrected chi connectivity index (χ1v) is 59.6. The number of fused-ring (bicyclic) bond motifs is 6. The summed E-state index contributed by atoms with van der Waals surface area (Å²) in [7, 11) is -5.36. The molecular formula is C129H153N3OSSeSi3. The smallest absolute Gasteiger partial charge is 0.0619 e. The minimum absolute atomic E-state index is 0.0861. The first kappa shape index (κ1) is 104. The van der Waals surface area contributed by atoms with Crippen molar-refractivity contribution >= 4 is 142 Å². The van der Waals surface area contributed by atoms with Crippen LogP contribution in [0, 0.1) is 0 Å². The topological polar surface area (TPSA) is 19.0 Å². The van der Waals surface area contributed by atoms with Gasteiger partial charge in [-0.05, 0) is 174 Å². The molecule has 0 fully saturated rings. The van der Waals surface area contributed by atoms with Crippen molar-refractivity contribution in [3.63, 3.8) is 0 Å². The number of para-hydroxylation sites is 8. The van der Waals surface area contributed by atoms with Crippen molar-refractivity contribution in [3.05, 3.63) is 416 Å². The predicted octanol–water partition coefficient (Wildman–Crippen LogP) is 32.8. The van der Waals surface area contributed by atoms with E-state index < -0.39 is 24.2 Å². The quantitative estimate of drug-likeness (QED) is 0.106. The molecule has 0 aromatic heterocycles. The maximum Gasteiger partial charge on any atom is 0.153 e. The van der Waals surface area contributed by atoms with Crippen molar-refractivity contribution < 1.29 is 4.74 Å². The van der Waals surface area contributed by atoms with E-state index in [1.165, 1.54) is 117 Å². The van der Waals surface area contributed by atoms with Crippen LogP contribution in [-0.2, 0) is 32.5 Å². The summed E-state index contributed by atoms with van der Waals surface area (Å²) >= 11 is 2.22. The van der Waals surface area contributed by atoms with E-state index >= 15 is 0 Å². The Kier molecular flexibility index (Phi) is 31.6. The largest absolute Gasteiger partial charge is 0.153 e. The summed E-state index contributed by atoms with van der Waals surface area (Å²) < 4.78 is 8.96. The molecule has 3 aliphatic rings. The summed E-state index contributed by atoms with van der Waals surface area (Å²) in [5.41, 5.74) is 20.1. The second-order valence-electron chi connectivity index (χ2n) is 47.6. The molecular weight excluding hydrogens is 1800 g/mol. The standard InChI is InChI=1S/C34H48Si.C22H21NO.C22H21NS.C22H21NSe.C22H24Si.C7H18Si/c1-31(2,3)25-13-19-28(20-14-25)35(34(10,11)12,29-21-15-26(16-22-29)32(4,5)6)30-23-17-27(18-24-30)33(7,8)9;3*1-22(2,3)16-12-14-17(15-13-16)23-18-8-4-6-10-20(18)24-21-11-7-5-9-19(21)23;1-22(2,3)23(19-13-7-4-8-14-19,20-15-9-5-10-16-20)21-17-11-6-12-18-21;1-7(2,3)8(4,5)6/h13-24H,1-12H3;3*4-15H,1-3H3;4-18H,1-3H3;1-6H3. The third kappa shape index (κ3) is 23.5. The maximum atomic E-state index is 6.07. The summed E-state index contributed by atoms with van der Waals surface area (Å²) in [6.07, 6.45) is 0. The molecule has 0 unspecified atom stereocenters. The summed E-state index contributed by atoms with van der Waals surface area (Å²) in [4.78, 5) is 9.64. The van der Waals surface area contributed by atoms with Crippen molar-refractivity contribution in [2.75, 3.05) is 14.7 Å². The second-order valence-corrected chi connectivity index (χ2v) is 66.4. The van der Waals surface area contributed by atoms with Crippen molar-refractivity contribution in [1.82, 2.24) is 0 Å². The Labute approximate surface area is 845 Å². The fourth-order valence-electron chi connectivity index (χ4n) is 18.6. The number of ether oxygens (including phenoxy) is 1. The van der Waals surface area contributed by atoms with Crippen molar-refractivity contribution in [1.29, 1.82) is 0 Å². The van der Waals surface area contributed by atoms with Gasteiger partial charge in [-0.1, -0.05) is 434 Å². The third-order valence-electron chi connectivity index (χ3n) is 27.9. The van der Waals surface area contributed by atoms with Crippen LogP contribution in [0.25, 0.3) is 0 Å². The molecule has 138 heavy (non-hydrogen) atoms. The van der Waals surface area contributed by atoms with Gasteiger partial charge in [0.05, 0.1) is 22.7 Å². The van der Waals surface area contributed by atoms with E-state index in [-0.39, 0.29) is 42.6 Å². The Morgan fingerprint density at radius 3 is 0.645 bits per heavy atom. The zero-order valence-corrected chi connectivity index (χ0v) is 94.0. The van der Waals surface area contributed by atoms with Crippen LogP contribution in [0.2, 0.25) is 34.8 Å². The van der Waals surface area contributed by atoms with Gasteiger partial charge in [0.1, 0.15) is 0 Å². The van der Waals surface area contributed by atoms with Crippen molar-refractivity contribution in [2.24, 2.45) is 0 Å². The number of hydrogen-bond donors (Lipinski definition) is 0.